The van der Waals surface area contributed by atoms with Crippen molar-refractivity contribution in [2.45, 2.75) is 57.3 Å². The zero-order valence-electron chi connectivity index (χ0n) is 13.1. The van der Waals surface area contributed by atoms with Gasteiger partial charge >= 0.3 is 6.18 Å². The monoisotopic (exact) mass is 307 g/mol. The maximum absolute atomic E-state index is 12.8. The Bertz CT molecular complexity index is 328. The highest BCUT2D eigenvalue weighted by Gasteiger charge is 2.47. The molecule has 6 heteroatoms. The van der Waals surface area contributed by atoms with E-state index in [-0.39, 0.29) is 18.4 Å². The topological polar surface area (TPSA) is 32.5 Å². The average Bonchev–Trinajstić information content (AvgIpc) is 2.46. The Kier molecular flexibility index (Phi) is 5.21. The van der Waals surface area contributed by atoms with Gasteiger partial charge in [-0.25, -0.2) is 0 Å². The number of piperazine rings is 1. The molecule has 1 saturated carbocycles. The molecule has 0 spiro atoms. The van der Waals surface area contributed by atoms with Crippen LogP contribution in [0.5, 0.6) is 0 Å². The minimum atomic E-state index is -4.04. The van der Waals surface area contributed by atoms with Gasteiger partial charge in [-0.15, -0.1) is 0 Å². The van der Waals surface area contributed by atoms with Crippen molar-refractivity contribution < 1.29 is 13.2 Å². The number of halogens is 3. The first-order chi connectivity index (χ1) is 9.78. The molecule has 1 heterocycles. The Balaban J connectivity index is 1.95. The van der Waals surface area contributed by atoms with E-state index in [1.54, 1.807) is 0 Å². The van der Waals surface area contributed by atoms with E-state index in [1.807, 2.05) is 0 Å². The second kappa shape index (κ2) is 6.42. The highest BCUT2D eigenvalue weighted by Crippen LogP contribution is 2.43. The molecule has 0 bridgehead atoms. The lowest BCUT2D eigenvalue weighted by Gasteiger charge is -2.51. The summed E-state index contributed by atoms with van der Waals surface area (Å²) in [4.78, 5) is 4.78. The van der Waals surface area contributed by atoms with Gasteiger partial charge in [0, 0.05) is 44.3 Å². The van der Waals surface area contributed by atoms with Gasteiger partial charge in [-0.1, -0.05) is 0 Å². The molecule has 1 saturated heterocycles. The van der Waals surface area contributed by atoms with Crippen LogP contribution in [0.2, 0.25) is 0 Å². The smallest absolute Gasteiger partial charge is 0.329 e. The van der Waals surface area contributed by atoms with E-state index in [0.717, 1.165) is 26.2 Å². The van der Waals surface area contributed by atoms with Crippen LogP contribution in [0.15, 0.2) is 0 Å². The Morgan fingerprint density at radius 2 is 1.62 bits per heavy atom. The van der Waals surface area contributed by atoms with Gasteiger partial charge in [0.25, 0.3) is 0 Å². The first kappa shape index (κ1) is 17.0. The number of nitrogens with two attached hydrogens (primary N) is 1. The molecule has 2 N–H and O–H groups in total. The third-order valence-corrected chi connectivity index (χ3v) is 5.47. The molecular formula is C15H28F3N3. The van der Waals surface area contributed by atoms with E-state index >= 15 is 0 Å². The van der Waals surface area contributed by atoms with Gasteiger partial charge < -0.3 is 5.73 Å². The first-order valence-corrected chi connectivity index (χ1v) is 8.04. The van der Waals surface area contributed by atoms with E-state index < -0.39 is 12.1 Å². The summed E-state index contributed by atoms with van der Waals surface area (Å²) in [7, 11) is 0. The van der Waals surface area contributed by atoms with E-state index in [4.69, 9.17) is 5.73 Å². The molecule has 3 nitrogen and oxygen atoms in total. The summed E-state index contributed by atoms with van der Waals surface area (Å²) in [5, 5.41) is 0. The zero-order valence-corrected chi connectivity index (χ0v) is 13.1. The van der Waals surface area contributed by atoms with Crippen LogP contribution in [0, 0.1) is 5.92 Å². The SMILES string of the molecule is CC(C)N1CCN(C2(CN)CCC(C(F)(F)F)CC2)CC1. The molecule has 1 aliphatic heterocycles. The molecule has 0 aromatic heterocycles. The molecular weight excluding hydrogens is 279 g/mol. The van der Waals surface area contributed by atoms with Gasteiger partial charge in [0.2, 0.25) is 0 Å². The standard InChI is InChI=1S/C15H28F3N3/c1-12(2)20-7-9-21(10-8-20)14(11-19)5-3-13(4-6-14)15(16,17)18/h12-13H,3-11,19H2,1-2H3. The molecule has 1 aliphatic carbocycles. The van der Waals surface area contributed by atoms with E-state index in [0.29, 0.717) is 25.4 Å². The van der Waals surface area contributed by atoms with Crippen molar-refractivity contribution >= 4 is 0 Å². The van der Waals surface area contributed by atoms with Crippen LogP contribution in [-0.2, 0) is 0 Å². The average molecular weight is 307 g/mol. The maximum atomic E-state index is 12.8. The molecule has 0 unspecified atom stereocenters. The van der Waals surface area contributed by atoms with Crippen LogP contribution in [0.25, 0.3) is 0 Å². The van der Waals surface area contributed by atoms with Gasteiger partial charge in [-0.3, -0.25) is 9.80 Å². The lowest BCUT2D eigenvalue weighted by Crippen LogP contribution is -2.62. The quantitative estimate of drug-likeness (QED) is 0.869. The third-order valence-electron chi connectivity index (χ3n) is 5.47. The summed E-state index contributed by atoms with van der Waals surface area (Å²) in [6.07, 6.45) is -2.43. The predicted molar refractivity (Wildman–Crippen MR) is 78.1 cm³/mol. The van der Waals surface area contributed by atoms with Gasteiger partial charge in [-0.05, 0) is 39.5 Å². The van der Waals surface area contributed by atoms with E-state index in [2.05, 4.69) is 23.6 Å². The molecule has 0 atom stereocenters. The van der Waals surface area contributed by atoms with Gasteiger partial charge in [-0.2, -0.15) is 13.2 Å². The largest absolute Gasteiger partial charge is 0.391 e. The lowest BCUT2D eigenvalue weighted by atomic mass is 9.75. The fraction of sp³-hybridized carbons (Fsp3) is 1.00. The Hall–Kier alpha value is -0.330. The lowest BCUT2D eigenvalue weighted by molar-refractivity contribution is -0.189. The Morgan fingerprint density at radius 3 is 2.00 bits per heavy atom. The van der Waals surface area contributed by atoms with Crippen LogP contribution >= 0.6 is 0 Å². The van der Waals surface area contributed by atoms with Crippen molar-refractivity contribution in [3.05, 3.63) is 0 Å². The normalized spacial score (nSPS) is 33.6. The van der Waals surface area contributed by atoms with Crippen molar-refractivity contribution in [1.82, 2.24) is 9.80 Å². The summed E-state index contributed by atoms with van der Waals surface area (Å²) in [5.41, 5.74) is 5.78. The zero-order chi connectivity index (χ0) is 15.7. The van der Waals surface area contributed by atoms with Crippen LogP contribution in [0.1, 0.15) is 39.5 Å². The summed E-state index contributed by atoms with van der Waals surface area (Å²) >= 11 is 0. The Labute approximate surface area is 125 Å². The highest BCUT2D eigenvalue weighted by molar-refractivity contribution is 4.98. The number of rotatable bonds is 3. The second-order valence-corrected chi connectivity index (χ2v) is 6.86. The number of hydrogen-bond acceptors (Lipinski definition) is 3. The van der Waals surface area contributed by atoms with Crippen molar-refractivity contribution in [2.24, 2.45) is 11.7 Å². The minimum Gasteiger partial charge on any atom is -0.329 e. The fourth-order valence-electron chi connectivity index (χ4n) is 3.84. The predicted octanol–water partition coefficient (Wildman–Crippen LogP) is 2.46. The molecule has 21 heavy (non-hydrogen) atoms. The summed E-state index contributed by atoms with van der Waals surface area (Å²) in [6.45, 7) is 8.66. The molecule has 0 aromatic rings. The summed E-state index contributed by atoms with van der Waals surface area (Å²) in [5.74, 6) is -1.13. The van der Waals surface area contributed by atoms with Gasteiger partial charge in [0.05, 0.1) is 5.92 Å². The molecule has 0 radical (unpaired) electrons. The first-order valence-electron chi connectivity index (χ1n) is 8.04. The number of hydrogen-bond donors (Lipinski definition) is 1. The van der Waals surface area contributed by atoms with Crippen LogP contribution < -0.4 is 5.73 Å². The molecule has 0 aromatic carbocycles. The Morgan fingerprint density at radius 1 is 1.10 bits per heavy atom. The molecule has 0 amide bonds. The number of nitrogens with zero attached hydrogens (tertiary/aromatic N) is 2. The van der Waals surface area contributed by atoms with Crippen LogP contribution in [-0.4, -0.2) is 60.3 Å². The fourth-order valence-corrected chi connectivity index (χ4v) is 3.84. The molecule has 2 rings (SSSR count). The van der Waals surface area contributed by atoms with E-state index in [9.17, 15) is 13.2 Å². The third kappa shape index (κ3) is 3.71. The van der Waals surface area contributed by atoms with E-state index in [1.165, 1.54) is 0 Å². The minimum absolute atomic E-state index is 0.204. The van der Waals surface area contributed by atoms with Crippen molar-refractivity contribution in [2.75, 3.05) is 32.7 Å². The van der Waals surface area contributed by atoms with Crippen LogP contribution in [0.3, 0.4) is 0 Å². The highest BCUT2D eigenvalue weighted by atomic mass is 19.4. The summed E-state index contributed by atoms with van der Waals surface area (Å²) < 4.78 is 38.5. The number of alkyl halides is 3. The van der Waals surface area contributed by atoms with Gasteiger partial charge in [0.1, 0.15) is 0 Å². The molecule has 124 valence electrons. The van der Waals surface area contributed by atoms with Crippen molar-refractivity contribution in [3.8, 4) is 0 Å². The molecule has 2 aliphatic rings. The molecule has 2 fully saturated rings. The summed E-state index contributed by atoms with van der Waals surface area (Å²) in [6, 6.07) is 0.530. The maximum Gasteiger partial charge on any atom is 0.391 e. The van der Waals surface area contributed by atoms with Crippen molar-refractivity contribution in [1.29, 1.82) is 0 Å². The van der Waals surface area contributed by atoms with Crippen LogP contribution in [0.4, 0.5) is 13.2 Å². The van der Waals surface area contributed by atoms with Crippen molar-refractivity contribution in [3.63, 3.8) is 0 Å². The van der Waals surface area contributed by atoms with Gasteiger partial charge in [0.15, 0.2) is 0 Å². The second-order valence-electron chi connectivity index (χ2n) is 6.86.